The Bertz CT molecular complexity index is 819. The molecular formula is C25H35BBrO4S. The Balaban J connectivity index is 1.94. The number of aliphatic hydroxyl groups is 2. The number of aliphatic carboxylic acids is 1. The van der Waals surface area contributed by atoms with Crippen LogP contribution in [0.25, 0.3) is 0 Å². The molecule has 2 rings (SSSR count). The van der Waals surface area contributed by atoms with Crippen LogP contribution < -0.4 is 0 Å². The average molecular weight is 522 g/mol. The molecule has 4 nitrogen and oxygen atoms in total. The standard InChI is InChI=1S/C25H35BBrO4S/c1-3-19-23(32-16(2)25(19)27)13-11-18(28)10-12-20-17(15-26)14-22(29)21(20)8-6-4-5-7-9-24(30)31/h4,6,10,12,15,17-18,20-22,28-29H,3,5,7-9,11,13-14H2,1-2H3,(H,30,31)/b6-4-,12-10+/t17-,18+,20-,21+,22?/m0/s1. The van der Waals surface area contributed by atoms with Crippen molar-refractivity contribution in [3.63, 3.8) is 0 Å². The van der Waals surface area contributed by atoms with Gasteiger partial charge in [-0.25, -0.2) is 0 Å². The van der Waals surface area contributed by atoms with Crippen molar-refractivity contribution >= 4 is 46.7 Å². The van der Waals surface area contributed by atoms with E-state index in [2.05, 4.69) is 29.8 Å². The summed E-state index contributed by atoms with van der Waals surface area (Å²) in [6, 6.07) is 0. The first kappa shape index (κ1) is 27.2. The molecule has 175 valence electrons. The van der Waals surface area contributed by atoms with Gasteiger partial charge >= 0.3 is 206 Å². The molecule has 3 N–H and O–H groups in total. The fraction of sp³-hybridized carbons (Fsp3) is 0.600. The van der Waals surface area contributed by atoms with Crippen LogP contribution in [0.4, 0.5) is 0 Å². The number of hydrogen-bond acceptors (Lipinski definition) is 4. The van der Waals surface area contributed by atoms with Crippen LogP contribution in [0, 0.1) is 24.7 Å². The molecule has 0 bridgehead atoms. The van der Waals surface area contributed by atoms with E-state index in [4.69, 9.17) is 12.6 Å². The molecule has 32 heavy (non-hydrogen) atoms. The van der Waals surface area contributed by atoms with Gasteiger partial charge in [0.25, 0.3) is 0 Å². The van der Waals surface area contributed by atoms with Gasteiger partial charge in [0.1, 0.15) is 0 Å². The molecule has 7 heteroatoms. The predicted octanol–water partition coefficient (Wildman–Crippen LogP) is 5.02. The van der Waals surface area contributed by atoms with Gasteiger partial charge in [0.2, 0.25) is 0 Å². The number of unbranched alkanes of at least 4 members (excludes halogenated alkanes) is 1. The molecule has 0 spiro atoms. The number of carboxylic acids is 1. The zero-order valence-corrected chi connectivity index (χ0v) is 21.4. The fourth-order valence-corrected chi connectivity index (χ4v) is 6.61. The Morgan fingerprint density at radius 2 is 2.12 bits per heavy atom. The summed E-state index contributed by atoms with van der Waals surface area (Å²) in [5, 5.41) is 29.8. The third-order valence-electron chi connectivity index (χ3n) is 6.34. The van der Waals surface area contributed by atoms with Crippen LogP contribution in [0.5, 0.6) is 0 Å². The zero-order chi connectivity index (χ0) is 23.7. The Hall–Kier alpha value is -1.02. The number of halogens is 1. The number of aliphatic hydroxyl groups excluding tert-OH is 2. The number of hydrogen-bond donors (Lipinski definition) is 3. The van der Waals surface area contributed by atoms with E-state index in [-0.39, 0.29) is 24.2 Å². The predicted molar refractivity (Wildman–Crippen MR) is 138 cm³/mol. The van der Waals surface area contributed by atoms with Crippen molar-refractivity contribution in [3.05, 3.63) is 44.1 Å². The molecule has 1 aliphatic rings. The van der Waals surface area contributed by atoms with Crippen molar-refractivity contribution in [3.8, 4) is 0 Å². The molecule has 1 heterocycles. The Morgan fingerprint density at radius 3 is 2.78 bits per heavy atom. The van der Waals surface area contributed by atoms with Crippen molar-refractivity contribution in [2.45, 2.75) is 77.4 Å². The third-order valence-corrected chi connectivity index (χ3v) is 8.89. The average Bonchev–Trinajstić information content (AvgIpc) is 3.21. The van der Waals surface area contributed by atoms with Crippen LogP contribution >= 0.6 is 27.3 Å². The summed E-state index contributed by atoms with van der Waals surface area (Å²) < 4.78 is 1.20. The van der Waals surface area contributed by atoms with Gasteiger partial charge in [-0.05, 0) is 0 Å². The first-order chi connectivity index (χ1) is 15.3. The maximum absolute atomic E-state index is 10.6. The summed E-state index contributed by atoms with van der Waals surface area (Å²) in [7, 11) is 5.85. The van der Waals surface area contributed by atoms with Gasteiger partial charge in [-0.2, -0.15) is 0 Å². The number of allylic oxidation sites excluding steroid dienone is 3. The van der Waals surface area contributed by atoms with E-state index in [9.17, 15) is 15.0 Å². The van der Waals surface area contributed by atoms with Crippen LogP contribution in [0.2, 0.25) is 0 Å². The Kier molecular flexibility index (Phi) is 11.6. The molecule has 1 saturated carbocycles. The number of carbonyl (C=O) groups is 1. The summed E-state index contributed by atoms with van der Waals surface area (Å²) in [4.78, 5) is 13.2. The van der Waals surface area contributed by atoms with Gasteiger partial charge < -0.3 is 0 Å². The van der Waals surface area contributed by atoms with E-state index in [1.54, 1.807) is 17.3 Å². The first-order valence-corrected chi connectivity index (χ1v) is 13.1. The molecule has 1 aromatic heterocycles. The van der Waals surface area contributed by atoms with Gasteiger partial charge in [0, 0.05) is 0 Å². The Labute approximate surface area is 205 Å². The maximum atomic E-state index is 10.6. The third kappa shape index (κ3) is 7.79. The van der Waals surface area contributed by atoms with Gasteiger partial charge in [-0.1, -0.05) is 0 Å². The molecule has 1 unspecified atom stereocenters. The van der Waals surface area contributed by atoms with Crippen molar-refractivity contribution in [1.29, 1.82) is 0 Å². The summed E-state index contributed by atoms with van der Waals surface area (Å²) in [6.45, 7) is 4.27. The van der Waals surface area contributed by atoms with Gasteiger partial charge in [-0.3, -0.25) is 0 Å². The van der Waals surface area contributed by atoms with E-state index in [0.717, 1.165) is 19.3 Å². The number of carboxylic acid groups (broad SMARTS) is 1. The van der Waals surface area contributed by atoms with E-state index >= 15 is 0 Å². The topological polar surface area (TPSA) is 77.8 Å². The van der Waals surface area contributed by atoms with Crippen molar-refractivity contribution in [1.82, 2.24) is 0 Å². The molecule has 1 aromatic rings. The SMILES string of the molecule is [B]=C[C@@H]1CC(O)[C@H](C/C=C\CCCC(=O)O)[C@H]1/C=C/[C@@H](O)CCc1sc(C)c(Br)c1CC. The van der Waals surface area contributed by atoms with Crippen molar-refractivity contribution in [2.75, 3.05) is 0 Å². The van der Waals surface area contributed by atoms with Crippen molar-refractivity contribution in [2.24, 2.45) is 17.8 Å². The molecule has 1 radical (unpaired) electrons. The molecule has 0 saturated heterocycles. The second-order valence-electron chi connectivity index (χ2n) is 8.61. The van der Waals surface area contributed by atoms with E-state index in [1.165, 1.54) is 19.8 Å². The molecule has 5 atom stereocenters. The second kappa shape index (κ2) is 13.6. The minimum absolute atomic E-state index is 0.0431. The van der Waals surface area contributed by atoms with Gasteiger partial charge in [0.15, 0.2) is 0 Å². The van der Waals surface area contributed by atoms with Crippen LogP contribution in [-0.2, 0) is 17.6 Å². The molecule has 1 fully saturated rings. The number of aryl methyl sites for hydroxylation is 2. The molecule has 0 amide bonds. The quantitative estimate of drug-likeness (QED) is 0.193. The van der Waals surface area contributed by atoms with E-state index in [1.807, 2.05) is 24.3 Å². The molecular weight excluding hydrogens is 487 g/mol. The van der Waals surface area contributed by atoms with E-state index < -0.39 is 18.2 Å². The fourth-order valence-electron chi connectivity index (χ4n) is 4.55. The summed E-state index contributed by atoms with van der Waals surface area (Å²) >= 11 is 5.47. The molecule has 0 aliphatic heterocycles. The van der Waals surface area contributed by atoms with Gasteiger partial charge in [-0.15, -0.1) is 0 Å². The second-order valence-corrected chi connectivity index (χ2v) is 10.7. The minimum atomic E-state index is -0.775. The monoisotopic (exact) mass is 521 g/mol. The number of rotatable bonds is 13. The summed E-state index contributed by atoms with van der Waals surface area (Å²) in [6.07, 6.45) is 12.3. The van der Waals surface area contributed by atoms with Gasteiger partial charge in [0.05, 0.1) is 0 Å². The normalized spacial score (nSPS) is 24.5. The number of thiophene rings is 1. The molecule has 0 aromatic carbocycles. The first-order valence-electron chi connectivity index (χ1n) is 11.5. The van der Waals surface area contributed by atoms with Crippen LogP contribution in [-0.4, -0.2) is 47.0 Å². The van der Waals surface area contributed by atoms with Crippen LogP contribution in [0.1, 0.15) is 60.8 Å². The van der Waals surface area contributed by atoms with Crippen LogP contribution in [0.15, 0.2) is 28.8 Å². The summed E-state index contributed by atoms with van der Waals surface area (Å²) in [5.41, 5.74) is 1.34. The van der Waals surface area contributed by atoms with E-state index in [0.29, 0.717) is 25.7 Å². The summed E-state index contributed by atoms with van der Waals surface area (Å²) in [5.74, 6) is 1.10. The van der Waals surface area contributed by atoms with Crippen molar-refractivity contribution < 1.29 is 20.1 Å². The Morgan fingerprint density at radius 1 is 1.38 bits per heavy atom. The molecule has 1 aliphatic carbocycles. The van der Waals surface area contributed by atoms with Crippen LogP contribution in [0.3, 0.4) is 0 Å². The zero-order valence-electron chi connectivity index (χ0n) is 19.0.